The lowest BCUT2D eigenvalue weighted by molar-refractivity contribution is -0.191. The zero-order chi connectivity index (χ0) is 2.71. The molecule has 0 saturated carbocycles. The number of carbonyl (C=O) groups excluding carboxylic acids is 2. The van der Waals surface area contributed by atoms with Crippen molar-refractivity contribution in [2.24, 2.45) is 0 Å². The van der Waals surface area contributed by atoms with Crippen molar-refractivity contribution in [2.45, 2.75) is 7.43 Å². The summed E-state index contributed by atoms with van der Waals surface area (Å²) < 4.78 is 0. The summed E-state index contributed by atoms with van der Waals surface area (Å²) in [5.41, 5.74) is 0. The molecular formula is C2H4O2. The third-order valence-corrected chi connectivity index (χ3v) is 0. The molecule has 0 fully saturated rings. The van der Waals surface area contributed by atoms with Gasteiger partial charge >= 0.3 is 6.15 Å². The smallest absolute Gasteiger partial charge is 0.186 e. The summed E-state index contributed by atoms with van der Waals surface area (Å²) >= 11 is 0. The molecule has 0 spiro atoms. The predicted octanol–water partition coefficient (Wildman–Crippen LogP) is 0.0526. The van der Waals surface area contributed by atoms with Crippen molar-refractivity contribution in [2.75, 3.05) is 0 Å². The molecule has 24 valence electrons. The number of hydrogen-bond acceptors (Lipinski definition) is 2. The van der Waals surface area contributed by atoms with Crippen LogP contribution in [0.4, 0.5) is 0 Å². The average Bonchev–Trinajstić information content (AvgIpc) is 0.918. The SMILES string of the molecule is C.O=C=O. The minimum absolute atomic E-state index is 0. The molecule has 0 aliphatic carbocycles. The minimum atomic E-state index is 0. The van der Waals surface area contributed by atoms with Crippen LogP contribution in [0.15, 0.2) is 0 Å². The van der Waals surface area contributed by atoms with Crippen molar-refractivity contribution in [1.82, 2.24) is 0 Å². The molecule has 0 N–H and O–H groups in total. The Morgan fingerprint density at radius 2 is 1.25 bits per heavy atom. The second-order valence-electron chi connectivity index (χ2n) is 0.0833. The van der Waals surface area contributed by atoms with Gasteiger partial charge in [0.15, 0.2) is 0 Å². The average molecular weight is 60.1 g/mol. The second-order valence-corrected chi connectivity index (χ2v) is 0.0833. The Kier molecular flexibility index (Phi) is 78.9. The molecule has 0 aromatic rings. The van der Waals surface area contributed by atoms with E-state index in [1.807, 2.05) is 0 Å². The van der Waals surface area contributed by atoms with Gasteiger partial charge in [0.1, 0.15) is 0 Å². The fourth-order valence-corrected chi connectivity index (χ4v) is 0. The van der Waals surface area contributed by atoms with E-state index in [9.17, 15) is 0 Å². The van der Waals surface area contributed by atoms with E-state index in [-0.39, 0.29) is 13.6 Å². The van der Waals surface area contributed by atoms with E-state index in [0.717, 1.165) is 0 Å². The summed E-state index contributed by atoms with van der Waals surface area (Å²) in [6.07, 6.45) is 0.250. The van der Waals surface area contributed by atoms with Crippen LogP contribution >= 0.6 is 0 Å². The molecule has 0 rings (SSSR count). The van der Waals surface area contributed by atoms with E-state index in [4.69, 9.17) is 9.59 Å². The van der Waals surface area contributed by atoms with Gasteiger partial charge in [0.25, 0.3) is 0 Å². The fourth-order valence-electron chi connectivity index (χ4n) is 0. The van der Waals surface area contributed by atoms with Crippen LogP contribution in [-0.2, 0) is 9.59 Å². The third-order valence-electron chi connectivity index (χ3n) is 0. The monoisotopic (exact) mass is 60.0 g/mol. The van der Waals surface area contributed by atoms with E-state index in [1.54, 1.807) is 0 Å². The van der Waals surface area contributed by atoms with Crippen LogP contribution < -0.4 is 0 Å². The Morgan fingerprint density at radius 1 is 1.25 bits per heavy atom. The molecule has 2 heteroatoms. The maximum Gasteiger partial charge on any atom is 0.373 e. The highest BCUT2D eigenvalue weighted by molar-refractivity contribution is 5.20. The normalized spacial score (nSPS) is 2.00. The van der Waals surface area contributed by atoms with Crippen LogP contribution in [0, 0.1) is 0 Å². The largest absolute Gasteiger partial charge is 0.373 e. The van der Waals surface area contributed by atoms with Gasteiger partial charge in [0.2, 0.25) is 0 Å². The lowest BCUT2D eigenvalue weighted by atomic mass is 11.8. The summed E-state index contributed by atoms with van der Waals surface area (Å²) in [5, 5.41) is 0. The summed E-state index contributed by atoms with van der Waals surface area (Å²) in [6.45, 7) is 0. The Morgan fingerprint density at radius 3 is 1.25 bits per heavy atom. The third kappa shape index (κ3) is 0.518. The molecule has 2 nitrogen and oxygen atoms in total. The van der Waals surface area contributed by atoms with Crippen LogP contribution in [0.5, 0.6) is 0 Å². The summed E-state index contributed by atoms with van der Waals surface area (Å²) in [6, 6.07) is 0. The Bertz CT molecular complexity index is 25.0. The highest BCUT2D eigenvalue weighted by Gasteiger charge is 1.13. The van der Waals surface area contributed by atoms with E-state index >= 15 is 0 Å². The molecule has 0 unspecified atom stereocenters. The van der Waals surface area contributed by atoms with Crippen molar-refractivity contribution < 1.29 is 9.59 Å². The predicted molar refractivity (Wildman–Crippen MR) is 11.7 cm³/mol. The molecule has 0 amide bonds. The standard InChI is InChI=1S/CO2.CH4/c2-1-3;/h;1H4. The lowest BCUT2D eigenvalue weighted by Gasteiger charge is -0.945. The molecule has 0 heterocycles. The molecule has 0 saturated heterocycles. The topological polar surface area (TPSA) is 34.1 Å². The Labute approximate surface area is 24.4 Å². The Hall–Kier alpha value is -0.620. The maximum absolute atomic E-state index is 8.12. The van der Waals surface area contributed by atoms with Gasteiger partial charge < -0.3 is 0 Å². The van der Waals surface area contributed by atoms with Gasteiger partial charge in [0.05, 0.1) is 0 Å². The summed E-state index contributed by atoms with van der Waals surface area (Å²) in [7, 11) is 0. The summed E-state index contributed by atoms with van der Waals surface area (Å²) in [4.78, 5) is 16.2. The molecule has 0 atom stereocenters. The zero-order valence-electron chi connectivity index (χ0n) is 1.32. The van der Waals surface area contributed by atoms with Crippen molar-refractivity contribution in [3.63, 3.8) is 0 Å². The first-order valence-electron chi connectivity index (χ1n) is 0.408. The maximum atomic E-state index is 8.12. The van der Waals surface area contributed by atoms with Crippen LogP contribution in [0.25, 0.3) is 0 Å². The van der Waals surface area contributed by atoms with Gasteiger partial charge in [-0.15, -0.1) is 0 Å². The summed E-state index contributed by atoms with van der Waals surface area (Å²) in [5.74, 6) is 0. The van der Waals surface area contributed by atoms with Crippen LogP contribution in [0.1, 0.15) is 7.43 Å². The molecule has 0 bridgehead atoms. The number of rotatable bonds is 0. The van der Waals surface area contributed by atoms with Crippen molar-refractivity contribution in [1.29, 1.82) is 0 Å². The van der Waals surface area contributed by atoms with E-state index in [1.165, 1.54) is 0 Å². The first kappa shape index (κ1) is 10.1. The quantitative estimate of drug-likeness (QED) is 0.396. The molecule has 0 aromatic heterocycles. The van der Waals surface area contributed by atoms with Crippen LogP contribution in [-0.4, -0.2) is 6.15 Å². The molecule has 0 aromatic carbocycles. The zero-order valence-corrected chi connectivity index (χ0v) is 1.32. The van der Waals surface area contributed by atoms with Gasteiger partial charge in [-0.1, -0.05) is 7.43 Å². The van der Waals surface area contributed by atoms with Crippen molar-refractivity contribution in [3.8, 4) is 0 Å². The molecule has 0 aliphatic heterocycles. The second kappa shape index (κ2) is 31.4. The van der Waals surface area contributed by atoms with E-state index < -0.39 is 0 Å². The van der Waals surface area contributed by atoms with Gasteiger partial charge in [0, 0.05) is 0 Å². The van der Waals surface area contributed by atoms with E-state index in [2.05, 4.69) is 0 Å². The van der Waals surface area contributed by atoms with Gasteiger partial charge in [-0.25, -0.2) is 0 Å². The van der Waals surface area contributed by atoms with Crippen molar-refractivity contribution >= 4 is 6.15 Å². The van der Waals surface area contributed by atoms with Crippen molar-refractivity contribution in [3.05, 3.63) is 0 Å². The highest BCUT2D eigenvalue weighted by Crippen LogP contribution is 0.787. The number of hydrogen-bond donors (Lipinski definition) is 0. The molecule has 4 heavy (non-hydrogen) atoms. The molecule has 0 radical (unpaired) electrons. The minimum Gasteiger partial charge on any atom is -0.186 e. The lowest BCUT2D eigenvalue weighted by Crippen LogP contribution is -1.22. The van der Waals surface area contributed by atoms with E-state index in [0.29, 0.717) is 0 Å². The van der Waals surface area contributed by atoms with Crippen LogP contribution in [0.2, 0.25) is 0 Å². The fraction of sp³-hybridized carbons (Fsp3) is 0.500. The first-order chi connectivity index (χ1) is 1.41. The molecular weight excluding hydrogens is 56.0 g/mol. The highest BCUT2D eigenvalue weighted by atomic mass is 16.2. The first-order valence-corrected chi connectivity index (χ1v) is 0.408. The van der Waals surface area contributed by atoms with Crippen LogP contribution in [0.3, 0.4) is 0 Å². The van der Waals surface area contributed by atoms with Gasteiger partial charge in [-0.2, -0.15) is 9.59 Å². The Balaban J connectivity index is 0. The van der Waals surface area contributed by atoms with Gasteiger partial charge in [-0.05, 0) is 0 Å². The molecule has 0 aliphatic rings. The van der Waals surface area contributed by atoms with Gasteiger partial charge in [-0.3, -0.25) is 0 Å².